The SMILES string of the molecule is Cn1nccc1CNC(=O)c1cccc(COCC(F)(F)F)c1. The van der Waals surface area contributed by atoms with E-state index in [4.69, 9.17) is 0 Å². The largest absolute Gasteiger partial charge is 0.411 e. The third kappa shape index (κ3) is 5.41. The number of aryl methyl sites for hydroxylation is 1. The number of aromatic nitrogens is 2. The van der Waals surface area contributed by atoms with Crippen molar-refractivity contribution in [2.24, 2.45) is 7.05 Å². The quantitative estimate of drug-likeness (QED) is 0.886. The number of benzene rings is 1. The summed E-state index contributed by atoms with van der Waals surface area (Å²) in [4.78, 5) is 12.1. The Bertz CT molecular complexity index is 668. The predicted molar refractivity (Wildman–Crippen MR) is 76.5 cm³/mol. The molecule has 0 unspecified atom stereocenters. The molecule has 1 heterocycles. The number of hydrogen-bond acceptors (Lipinski definition) is 3. The fraction of sp³-hybridized carbons (Fsp3) is 0.333. The smallest absolute Gasteiger partial charge is 0.367 e. The van der Waals surface area contributed by atoms with Gasteiger partial charge in [0.15, 0.2) is 0 Å². The molecule has 23 heavy (non-hydrogen) atoms. The van der Waals surface area contributed by atoms with E-state index < -0.39 is 12.8 Å². The molecule has 1 N–H and O–H groups in total. The maximum Gasteiger partial charge on any atom is 0.411 e. The highest BCUT2D eigenvalue weighted by Crippen LogP contribution is 2.16. The van der Waals surface area contributed by atoms with Gasteiger partial charge in [-0.2, -0.15) is 18.3 Å². The lowest BCUT2D eigenvalue weighted by atomic mass is 10.1. The van der Waals surface area contributed by atoms with Crippen LogP contribution in [0.2, 0.25) is 0 Å². The minimum atomic E-state index is -4.36. The van der Waals surface area contributed by atoms with Crippen LogP contribution in [0.4, 0.5) is 13.2 Å². The van der Waals surface area contributed by atoms with Crippen molar-refractivity contribution in [3.05, 3.63) is 53.3 Å². The molecule has 8 heteroatoms. The highest BCUT2D eigenvalue weighted by molar-refractivity contribution is 5.94. The van der Waals surface area contributed by atoms with Gasteiger partial charge in [-0.1, -0.05) is 12.1 Å². The molecule has 0 aliphatic carbocycles. The molecule has 1 aromatic carbocycles. The summed E-state index contributed by atoms with van der Waals surface area (Å²) < 4.78 is 42.3. The second kappa shape index (κ2) is 7.28. The van der Waals surface area contributed by atoms with Crippen molar-refractivity contribution in [1.82, 2.24) is 15.1 Å². The third-order valence-corrected chi connectivity index (χ3v) is 3.08. The maximum atomic E-state index is 12.1. The van der Waals surface area contributed by atoms with E-state index in [1.54, 1.807) is 42.2 Å². The van der Waals surface area contributed by atoms with Gasteiger partial charge in [-0.05, 0) is 23.8 Å². The number of nitrogens with zero attached hydrogens (tertiary/aromatic N) is 2. The Balaban J connectivity index is 1.90. The van der Waals surface area contributed by atoms with Gasteiger partial charge < -0.3 is 10.1 Å². The minimum Gasteiger partial charge on any atom is -0.367 e. The van der Waals surface area contributed by atoms with E-state index in [-0.39, 0.29) is 12.5 Å². The highest BCUT2D eigenvalue weighted by Gasteiger charge is 2.27. The molecule has 0 spiro atoms. The predicted octanol–water partition coefficient (Wildman–Crippen LogP) is 2.43. The molecule has 1 aromatic heterocycles. The van der Waals surface area contributed by atoms with Crippen molar-refractivity contribution in [3.63, 3.8) is 0 Å². The summed E-state index contributed by atoms with van der Waals surface area (Å²) in [5.74, 6) is -0.316. The number of hydrogen-bond donors (Lipinski definition) is 1. The first-order valence-corrected chi connectivity index (χ1v) is 6.84. The third-order valence-electron chi connectivity index (χ3n) is 3.08. The lowest BCUT2D eigenvalue weighted by molar-refractivity contribution is -0.176. The molecular formula is C15H16F3N3O2. The summed E-state index contributed by atoms with van der Waals surface area (Å²) in [7, 11) is 1.76. The molecule has 1 amide bonds. The monoisotopic (exact) mass is 327 g/mol. The fourth-order valence-electron chi connectivity index (χ4n) is 1.93. The number of rotatable bonds is 6. The highest BCUT2D eigenvalue weighted by atomic mass is 19.4. The van der Waals surface area contributed by atoms with Crippen LogP contribution < -0.4 is 5.32 Å². The molecule has 2 aromatic rings. The molecule has 0 atom stereocenters. The average molecular weight is 327 g/mol. The summed E-state index contributed by atoms with van der Waals surface area (Å²) in [5, 5.41) is 6.72. The summed E-state index contributed by atoms with van der Waals surface area (Å²) >= 11 is 0. The second-order valence-corrected chi connectivity index (χ2v) is 4.94. The van der Waals surface area contributed by atoms with E-state index >= 15 is 0 Å². The van der Waals surface area contributed by atoms with Crippen LogP contribution in [0.5, 0.6) is 0 Å². The van der Waals surface area contributed by atoms with Gasteiger partial charge in [0.25, 0.3) is 5.91 Å². The van der Waals surface area contributed by atoms with Gasteiger partial charge in [-0.3, -0.25) is 9.48 Å². The topological polar surface area (TPSA) is 56.2 Å². The van der Waals surface area contributed by atoms with Crippen molar-refractivity contribution in [2.75, 3.05) is 6.61 Å². The summed E-state index contributed by atoms with van der Waals surface area (Å²) in [6, 6.07) is 8.09. The number of halogens is 3. The number of alkyl halides is 3. The van der Waals surface area contributed by atoms with E-state index in [0.717, 1.165) is 5.69 Å². The van der Waals surface area contributed by atoms with Crippen molar-refractivity contribution < 1.29 is 22.7 Å². The Morgan fingerprint density at radius 3 is 2.78 bits per heavy atom. The molecule has 0 bridgehead atoms. The van der Waals surface area contributed by atoms with E-state index in [0.29, 0.717) is 17.7 Å². The fourth-order valence-corrected chi connectivity index (χ4v) is 1.93. The zero-order valence-corrected chi connectivity index (χ0v) is 12.4. The molecule has 0 saturated heterocycles. The van der Waals surface area contributed by atoms with Gasteiger partial charge >= 0.3 is 6.18 Å². The van der Waals surface area contributed by atoms with Gasteiger partial charge in [-0.25, -0.2) is 0 Å². The van der Waals surface area contributed by atoms with E-state index in [1.807, 2.05) is 0 Å². The van der Waals surface area contributed by atoms with Gasteiger partial charge in [0, 0.05) is 18.8 Å². The van der Waals surface area contributed by atoms with Crippen molar-refractivity contribution in [3.8, 4) is 0 Å². The van der Waals surface area contributed by atoms with E-state index in [9.17, 15) is 18.0 Å². The molecule has 0 fully saturated rings. The lowest BCUT2D eigenvalue weighted by Crippen LogP contribution is -2.24. The Labute approximate surface area is 131 Å². The zero-order chi connectivity index (χ0) is 16.9. The minimum absolute atomic E-state index is 0.206. The Hall–Kier alpha value is -2.35. The number of carbonyl (C=O) groups is 1. The Morgan fingerprint density at radius 2 is 2.13 bits per heavy atom. The Kier molecular flexibility index (Phi) is 5.38. The first kappa shape index (κ1) is 17.0. The van der Waals surface area contributed by atoms with Crippen molar-refractivity contribution in [1.29, 1.82) is 0 Å². The molecule has 5 nitrogen and oxygen atoms in total. The number of nitrogens with one attached hydrogen (secondary N) is 1. The standard InChI is InChI=1S/C15H16F3N3O2/c1-21-13(5-6-20-21)8-19-14(22)12-4-2-3-11(7-12)9-23-10-15(16,17)18/h2-7H,8-10H2,1H3,(H,19,22). The lowest BCUT2D eigenvalue weighted by Gasteiger charge is -2.09. The molecule has 124 valence electrons. The van der Waals surface area contributed by atoms with Crippen LogP contribution in [-0.2, 0) is 24.9 Å². The number of amides is 1. The van der Waals surface area contributed by atoms with Gasteiger partial charge in [0.1, 0.15) is 6.61 Å². The number of ether oxygens (including phenoxy) is 1. The number of carbonyl (C=O) groups excluding carboxylic acids is 1. The van der Waals surface area contributed by atoms with E-state index in [1.165, 1.54) is 6.07 Å². The zero-order valence-electron chi connectivity index (χ0n) is 12.4. The molecular weight excluding hydrogens is 311 g/mol. The van der Waals surface area contributed by atoms with Crippen molar-refractivity contribution in [2.45, 2.75) is 19.3 Å². The van der Waals surface area contributed by atoms with Crippen LogP contribution in [0, 0.1) is 0 Å². The van der Waals surface area contributed by atoms with Crippen LogP contribution in [0.1, 0.15) is 21.6 Å². The molecule has 0 saturated carbocycles. The summed E-state index contributed by atoms with van der Waals surface area (Å²) in [6.07, 6.45) is -2.74. The van der Waals surface area contributed by atoms with E-state index in [2.05, 4.69) is 15.2 Å². The first-order valence-electron chi connectivity index (χ1n) is 6.84. The van der Waals surface area contributed by atoms with Crippen LogP contribution in [-0.4, -0.2) is 28.5 Å². The average Bonchev–Trinajstić information content (AvgIpc) is 2.89. The van der Waals surface area contributed by atoms with Crippen LogP contribution in [0.15, 0.2) is 36.5 Å². The van der Waals surface area contributed by atoms with Crippen molar-refractivity contribution >= 4 is 5.91 Å². The maximum absolute atomic E-state index is 12.1. The van der Waals surface area contributed by atoms with Crippen LogP contribution in [0.3, 0.4) is 0 Å². The molecule has 0 radical (unpaired) electrons. The van der Waals surface area contributed by atoms with Gasteiger partial charge in [0.2, 0.25) is 0 Å². The van der Waals surface area contributed by atoms with Gasteiger partial charge in [-0.15, -0.1) is 0 Å². The summed E-state index contributed by atoms with van der Waals surface area (Å²) in [5.41, 5.74) is 1.70. The first-order chi connectivity index (χ1) is 10.8. The second-order valence-electron chi connectivity index (χ2n) is 4.94. The van der Waals surface area contributed by atoms with Crippen LogP contribution >= 0.6 is 0 Å². The molecule has 2 rings (SSSR count). The molecule has 0 aliphatic rings. The molecule has 0 aliphatic heterocycles. The summed E-state index contributed by atoms with van der Waals surface area (Å²) in [6.45, 7) is -1.21. The van der Waals surface area contributed by atoms with Crippen LogP contribution in [0.25, 0.3) is 0 Å². The van der Waals surface area contributed by atoms with Gasteiger partial charge in [0.05, 0.1) is 18.8 Å². The Morgan fingerprint density at radius 1 is 1.35 bits per heavy atom. The normalized spacial score (nSPS) is 11.5.